The maximum absolute atomic E-state index is 13.7. The Morgan fingerprint density at radius 2 is 1.95 bits per heavy atom. The van der Waals surface area contributed by atoms with E-state index in [1.54, 1.807) is 24.2 Å². The summed E-state index contributed by atoms with van der Waals surface area (Å²) in [4.78, 5) is 39.6. The van der Waals surface area contributed by atoms with Crippen LogP contribution in [-0.4, -0.2) is 79.1 Å². The molecule has 3 aromatic rings. The Hall–Kier alpha value is -3.83. The fourth-order valence-corrected chi connectivity index (χ4v) is 5.19. The van der Waals surface area contributed by atoms with Crippen LogP contribution in [0.15, 0.2) is 48.7 Å². The molecular formula is C30H35ClF2N6O3. The molecule has 0 bridgehead atoms. The smallest absolute Gasteiger partial charge is 0.272 e. The third-order valence-electron chi connectivity index (χ3n) is 7.11. The highest BCUT2D eigenvalue weighted by Gasteiger charge is 2.33. The van der Waals surface area contributed by atoms with Crippen molar-refractivity contribution in [2.75, 3.05) is 51.3 Å². The van der Waals surface area contributed by atoms with Crippen LogP contribution < -0.4 is 20.3 Å². The standard InChI is InChI=1S/C30H35ClF2N6O3/c1-4-20-18-38(30(41)21-9-8-19(31)17-23(21)27(32)33)15-16-39(20)25-11-10-24(22-7-6-12-36-29(22)42-5-2)37-26(25)28(40)35-14-13-34-3/h6-12,17,20,27,34H,4-5,13-16,18H2,1-3H3,(H,35,40)/t20-/m1/s1. The molecule has 9 nitrogen and oxygen atoms in total. The fourth-order valence-electron chi connectivity index (χ4n) is 5.01. The minimum Gasteiger partial charge on any atom is -0.477 e. The first-order valence-electron chi connectivity index (χ1n) is 13.9. The van der Waals surface area contributed by atoms with Crippen molar-refractivity contribution in [3.63, 3.8) is 0 Å². The number of anilines is 1. The molecule has 0 radical (unpaired) electrons. The second-order valence-electron chi connectivity index (χ2n) is 9.75. The van der Waals surface area contributed by atoms with Gasteiger partial charge in [-0.15, -0.1) is 0 Å². The number of nitrogens with one attached hydrogen (secondary N) is 2. The molecule has 3 heterocycles. The number of amides is 2. The van der Waals surface area contributed by atoms with Crippen molar-refractivity contribution >= 4 is 29.1 Å². The minimum absolute atomic E-state index is 0.0603. The Kier molecular flexibility index (Phi) is 10.6. The van der Waals surface area contributed by atoms with Gasteiger partial charge >= 0.3 is 0 Å². The lowest BCUT2D eigenvalue weighted by Crippen LogP contribution is -2.55. The predicted molar refractivity (Wildman–Crippen MR) is 159 cm³/mol. The lowest BCUT2D eigenvalue weighted by molar-refractivity contribution is 0.0708. The highest BCUT2D eigenvalue weighted by molar-refractivity contribution is 6.30. The summed E-state index contributed by atoms with van der Waals surface area (Å²) in [7, 11) is 1.80. The van der Waals surface area contributed by atoms with Gasteiger partial charge in [0.25, 0.3) is 18.2 Å². The van der Waals surface area contributed by atoms with E-state index < -0.39 is 12.3 Å². The van der Waals surface area contributed by atoms with Gasteiger partial charge in [0.2, 0.25) is 5.88 Å². The maximum Gasteiger partial charge on any atom is 0.272 e. The van der Waals surface area contributed by atoms with E-state index in [4.69, 9.17) is 21.3 Å². The number of likely N-dealkylation sites (N-methyl/N-ethyl adjacent to an activating group) is 1. The molecule has 4 rings (SSSR count). The van der Waals surface area contributed by atoms with Gasteiger partial charge < -0.3 is 25.2 Å². The third kappa shape index (κ3) is 6.96. The predicted octanol–water partition coefficient (Wildman–Crippen LogP) is 4.82. The van der Waals surface area contributed by atoms with Crippen molar-refractivity contribution in [3.05, 3.63) is 70.5 Å². The average molecular weight is 601 g/mol. The van der Waals surface area contributed by atoms with E-state index >= 15 is 0 Å². The fraction of sp³-hybridized carbons (Fsp3) is 0.400. The number of halogens is 3. The van der Waals surface area contributed by atoms with Gasteiger partial charge in [-0.3, -0.25) is 9.59 Å². The summed E-state index contributed by atoms with van der Waals surface area (Å²) in [6, 6.07) is 11.1. The number of ether oxygens (including phenoxy) is 1. The largest absolute Gasteiger partial charge is 0.477 e. The van der Waals surface area contributed by atoms with Gasteiger partial charge in [0.15, 0.2) is 5.69 Å². The number of alkyl halides is 2. The summed E-state index contributed by atoms with van der Waals surface area (Å²) in [6.45, 7) is 6.22. The van der Waals surface area contributed by atoms with Crippen LogP contribution in [0.1, 0.15) is 53.1 Å². The molecule has 1 atom stereocenters. The molecule has 1 saturated heterocycles. The summed E-state index contributed by atoms with van der Waals surface area (Å²) in [5, 5.41) is 6.07. The van der Waals surface area contributed by atoms with Crippen molar-refractivity contribution in [2.24, 2.45) is 0 Å². The summed E-state index contributed by atoms with van der Waals surface area (Å²) < 4.78 is 33.1. The van der Waals surface area contributed by atoms with Crippen molar-refractivity contribution < 1.29 is 23.1 Å². The van der Waals surface area contributed by atoms with Gasteiger partial charge in [-0.2, -0.15) is 0 Å². The van der Waals surface area contributed by atoms with Crippen molar-refractivity contribution in [1.82, 2.24) is 25.5 Å². The molecule has 2 N–H and O–H groups in total. The highest BCUT2D eigenvalue weighted by Crippen LogP contribution is 2.33. The highest BCUT2D eigenvalue weighted by atomic mass is 35.5. The van der Waals surface area contributed by atoms with Crippen molar-refractivity contribution in [2.45, 2.75) is 32.7 Å². The summed E-state index contributed by atoms with van der Waals surface area (Å²) in [6.07, 6.45) is -0.552. The Balaban J connectivity index is 1.66. The van der Waals surface area contributed by atoms with Crippen LogP contribution in [0.25, 0.3) is 11.3 Å². The first kappa shape index (κ1) is 31.1. The number of aromatic nitrogens is 2. The molecule has 0 saturated carbocycles. The Morgan fingerprint density at radius 3 is 2.67 bits per heavy atom. The van der Waals surface area contributed by atoms with E-state index in [1.807, 2.05) is 32.0 Å². The maximum atomic E-state index is 13.7. The molecule has 1 aromatic carbocycles. The van der Waals surface area contributed by atoms with E-state index in [1.165, 1.54) is 12.1 Å². The first-order chi connectivity index (χ1) is 20.3. The van der Waals surface area contributed by atoms with Gasteiger partial charge in [0.1, 0.15) is 0 Å². The Labute approximate surface area is 249 Å². The normalized spacial score (nSPS) is 15.2. The van der Waals surface area contributed by atoms with Gasteiger partial charge in [-0.05, 0) is 62.9 Å². The molecule has 1 aliphatic rings. The van der Waals surface area contributed by atoms with E-state index in [9.17, 15) is 18.4 Å². The summed E-state index contributed by atoms with van der Waals surface area (Å²) in [5.41, 5.74) is 1.63. The van der Waals surface area contributed by atoms with Gasteiger partial charge in [-0.1, -0.05) is 18.5 Å². The van der Waals surface area contributed by atoms with Crippen LogP contribution in [0, 0.1) is 0 Å². The topological polar surface area (TPSA) is 99.7 Å². The number of hydrogen-bond donors (Lipinski definition) is 2. The molecule has 224 valence electrons. The van der Waals surface area contributed by atoms with Crippen LogP contribution in [0.4, 0.5) is 14.5 Å². The molecule has 0 aliphatic carbocycles. The van der Waals surface area contributed by atoms with E-state index in [0.29, 0.717) is 62.0 Å². The number of piperazine rings is 1. The van der Waals surface area contributed by atoms with Gasteiger partial charge in [0, 0.05) is 61.1 Å². The molecular weight excluding hydrogens is 566 g/mol. The molecule has 0 unspecified atom stereocenters. The second kappa shape index (κ2) is 14.4. The summed E-state index contributed by atoms with van der Waals surface area (Å²) in [5.74, 6) is -0.385. The van der Waals surface area contributed by atoms with Crippen LogP contribution in [0.5, 0.6) is 5.88 Å². The molecule has 1 aliphatic heterocycles. The lowest BCUT2D eigenvalue weighted by Gasteiger charge is -2.43. The zero-order valence-corrected chi connectivity index (χ0v) is 24.6. The zero-order valence-electron chi connectivity index (χ0n) is 23.9. The lowest BCUT2D eigenvalue weighted by atomic mass is 10.0. The minimum atomic E-state index is -2.83. The number of pyridine rings is 2. The van der Waals surface area contributed by atoms with E-state index in [2.05, 4.69) is 20.5 Å². The van der Waals surface area contributed by atoms with Crippen LogP contribution in [0.2, 0.25) is 5.02 Å². The van der Waals surface area contributed by atoms with Crippen LogP contribution >= 0.6 is 11.6 Å². The van der Waals surface area contributed by atoms with E-state index in [-0.39, 0.29) is 40.3 Å². The number of nitrogens with zero attached hydrogens (tertiary/aromatic N) is 4. The molecule has 0 spiro atoms. The average Bonchev–Trinajstić information content (AvgIpc) is 3.00. The monoisotopic (exact) mass is 600 g/mol. The first-order valence-corrected chi connectivity index (χ1v) is 14.3. The molecule has 12 heteroatoms. The van der Waals surface area contributed by atoms with Crippen molar-refractivity contribution in [3.8, 4) is 17.1 Å². The number of carbonyl (C=O) groups excluding carboxylic acids is 2. The number of benzene rings is 1. The SMILES string of the molecule is CCOc1ncccc1-c1ccc(N2CCN(C(=O)c3ccc(Cl)cc3C(F)F)C[C@H]2CC)c(C(=O)NCCNC)n1. The summed E-state index contributed by atoms with van der Waals surface area (Å²) >= 11 is 5.92. The van der Waals surface area contributed by atoms with Crippen molar-refractivity contribution in [1.29, 1.82) is 0 Å². The Morgan fingerprint density at radius 1 is 1.14 bits per heavy atom. The number of rotatable bonds is 11. The molecule has 2 aromatic heterocycles. The van der Waals surface area contributed by atoms with Crippen LogP contribution in [-0.2, 0) is 0 Å². The number of carbonyl (C=O) groups is 2. The molecule has 42 heavy (non-hydrogen) atoms. The Bertz CT molecular complexity index is 1410. The van der Waals surface area contributed by atoms with Gasteiger partial charge in [0.05, 0.1) is 23.6 Å². The number of hydrogen-bond acceptors (Lipinski definition) is 7. The molecule has 2 amide bonds. The zero-order chi connectivity index (χ0) is 30.2. The third-order valence-corrected chi connectivity index (χ3v) is 7.34. The molecule has 1 fully saturated rings. The second-order valence-corrected chi connectivity index (χ2v) is 10.2. The van der Waals surface area contributed by atoms with Crippen LogP contribution in [0.3, 0.4) is 0 Å². The quantitative estimate of drug-likeness (QED) is 0.304. The van der Waals surface area contributed by atoms with E-state index in [0.717, 1.165) is 6.07 Å². The van der Waals surface area contributed by atoms with Gasteiger partial charge in [-0.25, -0.2) is 18.7 Å².